The predicted octanol–water partition coefficient (Wildman–Crippen LogP) is 15.1. The first-order chi connectivity index (χ1) is 42.6. The van der Waals surface area contributed by atoms with Crippen LogP contribution in [0, 0.1) is 0 Å². The van der Waals surface area contributed by atoms with Crippen molar-refractivity contribution in [3.63, 3.8) is 0 Å². The highest BCUT2D eigenvalue weighted by atomic mass is 16.7. The summed E-state index contributed by atoms with van der Waals surface area (Å²) in [5.41, 5.74) is 0. The molecule has 0 aromatic heterocycles. The van der Waals surface area contributed by atoms with Crippen LogP contribution >= 0.6 is 0 Å². The third-order valence-electron chi connectivity index (χ3n) is 17.7. The maximum atomic E-state index is 13.3. The largest absolute Gasteiger partial charge is 0.394 e. The van der Waals surface area contributed by atoms with Gasteiger partial charge < -0.3 is 65.1 Å². The SMILES string of the molecule is CCCCCCC/C=C\C/C=C\CCCCCCCCCCCCCCCCCCCC(=O)NC(COC1OC(CO)C(OC2OC(CO)C(O)C(O)C2O)C(O)C1O)C(O)/C=C/CC/C=C/CCCCCCCCCCCCCCCCCCCC. The summed E-state index contributed by atoms with van der Waals surface area (Å²) in [6.07, 6.45) is 58.9. The third kappa shape index (κ3) is 41.9. The van der Waals surface area contributed by atoms with Crippen LogP contribution in [0.2, 0.25) is 0 Å². The van der Waals surface area contributed by atoms with Crippen LogP contribution < -0.4 is 5.32 Å². The average Bonchev–Trinajstić information content (AvgIpc) is 1.55. The Bertz CT molecular complexity index is 1640. The number of unbranched alkanes of at least 4 members (excludes halogenated alkanes) is 41. The molecule has 1 amide bonds. The van der Waals surface area contributed by atoms with Crippen molar-refractivity contribution in [2.45, 2.75) is 389 Å². The van der Waals surface area contributed by atoms with Crippen molar-refractivity contribution in [2.24, 2.45) is 0 Å². The number of carbonyl (C=O) groups excluding carboxylic acids is 1. The molecule has 510 valence electrons. The standard InChI is InChI=1S/C73H135NO13/c1-3-5-7-9-11-13-15-17-19-21-23-25-27-29-30-31-32-33-35-37-39-41-43-45-47-49-51-53-55-57-65(78)74-61(60-84-72-70(83)68(81)71(64(59-76)86-72)87-73-69(82)67(80)66(79)63(58-75)85-73)62(77)56-54-52-50-48-46-44-42-40-38-36-34-28-26-24-22-20-18-16-14-12-10-8-6-4-2/h15,17,21,23,46,48,54,56,61-64,66-73,75-77,79-83H,3-14,16,18-20,22,24-45,47,49-53,55,57-60H2,1-2H3,(H,74,78)/b17-15-,23-21-,48-46+,56-54+. The summed E-state index contributed by atoms with van der Waals surface area (Å²) in [5, 5.41) is 87.5. The molecule has 87 heavy (non-hydrogen) atoms. The molecular formula is C73H135NO13. The minimum atomic E-state index is -1.79. The number of allylic oxidation sites excluding steroid dienone is 7. The number of ether oxygens (including phenoxy) is 4. The fourth-order valence-electron chi connectivity index (χ4n) is 11.9. The normalized spacial score (nSPS) is 23.5. The lowest BCUT2D eigenvalue weighted by Crippen LogP contribution is -2.65. The van der Waals surface area contributed by atoms with Gasteiger partial charge in [-0.15, -0.1) is 0 Å². The molecule has 0 bridgehead atoms. The highest BCUT2D eigenvalue weighted by Gasteiger charge is 2.51. The van der Waals surface area contributed by atoms with E-state index < -0.39 is 86.8 Å². The molecule has 2 rings (SSSR count). The molecule has 0 spiro atoms. The zero-order valence-electron chi connectivity index (χ0n) is 55.5. The number of nitrogens with one attached hydrogen (secondary N) is 1. The van der Waals surface area contributed by atoms with Gasteiger partial charge in [-0.2, -0.15) is 0 Å². The minimum Gasteiger partial charge on any atom is -0.394 e. The molecule has 0 saturated carbocycles. The summed E-state index contributed by atoms with van der Waals surface area (Å²) in [5.74, 6) is -0.245. The molecular weight excluding hydrogens is 1100 g/mol. The fraction of sp³-hybridized carbons (Fsp3) is 0.877. The van der Waals surface area contributed by atoms with Gasteiger partial charge in [0.15, 0.2) is 12.6 Å². The van der Waals surface area contributed by atoms with Crippen LogP contribution in [-0.4, -0.2) is 140 Å². The smallest absolute Gasteiger partial charge is 0.220 e. The molecule has 14 nitrogen and oxygen atoms in total. The van der Waals surface area contributed by atoms with E-state index in [0.717, 1.165) is 38.5 Å². The summed E-state index contributed by atoms with van der Waals surface area (Å²) in [6, 6.07) is -0.933. The minimum absolute atomic E-state index is 0.245. The number of aliphatic hydroxyl groups is 8. The second-order valence-electron chi connectivity index (χ2n) is 25.7. The number of hydrogen-bond acceptors (Lipinski definition) is 13. The Kier molecular flexibility index (Phi) is 53.9. The molecule has 2 aliphatic heterocycles. The van der Waals surface area contributed by atoms with Gasteiger partial charge in [0.1, 0.15) is 48.8 Å². The Balaban J connectivity index is 1.68. The van der Waals surface area contributed by atoms with E-state index in [0.29, 0.717) is 12.8 Å². The molecule has 14 heteroatoms. The molecule has 0 aromatic rings. The van der Waals surface area contributed by atoms with E-state index in [9.17, 15) is 45.6 Å². The summed E-state index contributed by atoms with van der Waals surface area (Å²) in [7, 11) is 0. The first kappa shape index (κ1) is 81.0. The number of amides is 1. The van der Waals surface area contributed by atoms with E-state index in [1.807, 2.05) is 6.08 Å². The molecule has 0 aromatic carbocycles. The molecule has 0 aliphatic carbocycles. The third-order valence-corrected chi connectivity index (χ3v) is 17.7. The van der Waals surface area contributed by atoms with Crippen molar-refractivity contribution in [3.8, 4) is 0 Å². The summed E-state index contributed by atoms with van der Waals surface area (Å²) in [6.45, 7) is 2.82. The van der Waals surface area contributed by atoms with E-state index in [1.165, 1.54) is 244 Å². The van der Waals surface area contributed by atoms with Crippen molar-refractivity contribution in [1.82, 2.24) is 5.32 Å². The molecule has 2 heterocycles. The van der Waals surface area contributed by atoms with E-state index in [-0.39, 0.29) is 18.9 Å². The van der Waals surface area contributed by atoms with E-state index in [2.05, 4.69) is 55.6 Å². The second-order valence-corrected chi connectivity index (χ2v) is 25.7. The Morgan fingerprint density at radius 1 is 0.414 bits per heavy atom. The molecule has 9 N–H and O–H groups in total. The van der Waals surface area contributed by atoms with Crippen molar-refractivity contribution < 1.29 is 64.6 Å². The van der Waals surface area contributed by atoms with Crippen molar-refractivity contribution in [3.05, 3.63) is 48.6 Å². The highest BCUT2D eigenvalue weighted by Crippen LogP contribution is 2.30. The van der Waals surface area contributed by atoms with Crippen molar-refractivity contribution in [2.75, 3.05) is 19.8 Å². The maximum Gasteiger partial charge on any atom is 0.220 e. The van der Waals surface area contributed by atoms with Crippen LogP contribution in [0.3, 0.4) is 0 Å². The van der Waals surface area contributed by atoms with Crippen LogP contribution in [0.25, 0.3) is 0 Å². The molecule has 12 atom stereocenters. The van der Waals surface area contributed by atoms with Crippen LogP contribution in [-0.2, 0) is 23.7 Å². The zero-order chi connectivity index (χ0) is 63.1. The number of rotatable bonds is 60. The lowest BCUT2D eigenvalue weighted by atomic mass is 9.97. The molecule has 0 radical (unpaired) electrons. The summed E-state index contributed by atoms with van der Waals surface area (Å²) >= 11 is 0. The first-order valence-electron chi connectivity index (χ1n) is 36.4. The lowest BCUT2D eigenvalue weighted by molar-refractivity contribution is -0.359. The van der Waals surface area contributed by atoms with Gasteiger partial charge in [-0.25, -0.2) is 0 Å². The van der Waals surface area contributed by atoms with Crippen LogP contribution in [0.4, 0.5) is 0 Å². The van der Waals surface area contributed by atoms with Crippen molar-refractivity contribution >= 4 is 5.91 Å². The molecule has 2 aliphatic rings. The van der Waals surface area contributed by atoms with Gasteiger partial charge in [-0.1, -0.05) is 294 Å². The first-order valence-corrected chi connectivity index (χ1v) is 36.4. The van der Waals surface area contributed by atoms with Crippen LogP contribution in [0.1, 0.15) is 316 Å². The van der Waals surface area contributed by atoms with Gasteiger partial charge in [0, 0.05) is 6.42 Å². The predicted molar refractivity (Wildman–Crippen MR) is 355 cm³/mol. The van der Waals surface area contributed by atoms with Crippen molar-refractivity contribution in [1.29, 1.82) is 0 Å². The fourth-order valence-corrected chi connectivity index (χ4v) is 11.9. The Morgan fingerprint density at radius 2 is 0.770 bits per heavy atom. The summed E-state index contributed by atoms with van der Waals surface area (Å²) < 4.78 is 22.9. The molecule has 2 saturated heterocycles. The monoisotopic (exact) mass is 1230 g/mol. The Morgan fingerprint density at radius 3 is 1.20 bits per heavy atom. The molecule has 12 unspecified atom stereocenters. The maximum absolute atomic E-state index is 13.3. The van der Waals surface area contributed by atoms with Crippen LogP contribution in [0.15, 0.2) is 48.6 Å². The van der Waals surface area contributed by atoms with Gasteiger partial charge >= 0.3 is 0 Å². The van der Waals surface area contributed by atoms with Gasteiger partial charge in [0.2, 0.25) is 5.91 Å². The zero-order valence-corrected chi connectivity index (χ0v) is 55.5. The quantitative estimate of drug-likeness (QED) is 0.0204. The number of carbonyl (C=O) groups is 1. The average molecular weight is 1230 g/mol. The molecule has 2 fully saturated rings. The number of aliphatic hydroxyl groups excluding tert-OH is 8. The summed E-state index contributed by atoms with van der Waals surface area (Å²) in [4.78, 5) is 13.3. The number of hydrogen-bond donors (Lipinski definition) is 9. The Labute approximate surface area is 531 Å². The van der Waals surface area contributed by atoms with Gasteiger partial charge in [0.05, 0.1) is 32.0 Å². The van der Waals surface area contributed by atoms with Gasteiger partial charge in [-0.05, 0) is 64.2 Å². The Hall–Kier alpha value is -2.05. The van der Waals surface area contributed by atoms with Gasteiger partial charge in [-0.3, -0.25) is 4.79 Å². The van der Waals surface area contributed by atoms with E-state index >= 15 is 0 Å². The highest BCUT2D eigenvalue weighted by molar-refractivity contribution is 5.76. The van der Waals surface area contributed by atoms with E-state index in [1.54, 1.807) is 6.08 Å². The van der Waals surface area contributed by atoms with Gasteiger partial charge in [0.25, 0.3) is 0 Å². The topological polar surface area (TPSA) is 228 Å². The van der Waals surface area contributed by atoms with E-state index in [4.69, 9.17) is 18.9 Å². The second kappa shape index (κ2) is 57.8. The lowest BCUT2D eigenvalue weighted by Gasteiger charge is -2.46. The van der Waals surface area contributed by atoms with Crippen LogP contribution in [0.5, 0.6) is 0 Å².